The minimum atomic E-state index is -4.78. The van der Waals surface area contributed by atoms with Crippen molar-refractivity contribution in [2.24, 2.45) is 0 Å². The topological polar surface area (TPSA) is 82.9 Å². The molecule has 0 unspecified atom stereocenters. The third-order valence-electron chi connectivity index (χ3n) is 4.20. The second-order valence-corrected chi connectivity index (χ2v) is 6.47. The van der Waals surface area contributed by atoms with Crippen molar-refractivity contribution in [3.05, 3.63) is 59.9 Å². The average molecular weight is 406 g/mol. The van der Waals surface area contributed by atoms with E-state index in [9.17, 15) is 17.6 Å². The minimum absolute atomic E-state index is 0.0277. The average Bonchev–Trinajstić information content (AvgIpc) is 3.04. The van der Waals surface area contributed by atoms with Gasteiger partial charge >= 0.3 is 6.18 Å². The van der Waals surface area contributed by atoms with Gasteiger partial charge in [0.15, 0.2) is 0 Å². The van der Waals surface area contributed by atoms with E-state index in [4.69, 9.17) is 5.73 Å². The number of nitrogen functional groups attached to an aromatic ring is 1. The number of alkyl halides is 3. The predicted molar refractivity (Wildman–Crippen MR) is 104 cm³/mol. The molecule has 0 saturated carbocycles. The molecule has 0 radical (unpaired) electrons. The molecule has 2 aromatic carbocycles. The Bertz CT molecular complexity index is 1040. The molecule has 0 aliphatic carbocycles. The number of nitrogens with zero attached hydrogens (tertiary/aromatic N) is 3. The van der Waals surface area contributed by atoms with Crippen LogP contribution in [-0.4, -0.2) is 34.2 Å². The summed E-state index contributed by atoms with van der Waals surface area (Å²) in [5, 5.41) is 8.50. The number of benzene rings is 2. The number of nitrogens with one attached hydrogen (secondary N) is 2. The van der Waals surface area contributed by atoms with Crippen molar-refractivity contribution in [2.45, 2.75) is 6.18 Å². The van der Waals surface area contributed by atoms with Crippen LogP contribution in [0.3, 0.4) is 0 Å². The molecule has 29 heavy (non-hydrogen) atoms. The van der Waals surface area contributed by atoms with Crippen molar-refractivity contribution in [3.8, 4) is 11.1 Å². The van der Waals surface area contributed by atoms with Crippen LogP contribution >= 0.6 is 0 Å². The van der Waals surface area contributed by atoms with Gasteiger partial charge in [-0.05, 0) is 23.3 Å². The van der Waals surface area contributed by atoms with E-state index < -0.39 is 23.1 Å². The van der Waals surface area contributed by atoms with Crippen LogP contribution in [0.15, 0.2) is 43.0 Å². The Balaban J connectivity index is 2.05. The van der Waals surface area contributed by atoms with E-state index in [1.807, 2.05) is 0 Å². The van der Waals surface area contributed by atoms with E-state index in [0.717, 1.165) is 12.1 Å². The summed E-state index contributed by atoms with van der Waals surface area (Å²) in [6, 6.07) is 7.81. The maximum atomic E-state index is 14.8. The van der Waals surface area contributed by atoms with Crippen LogP contribution in [0.25, 0.3) is 16.8 Å². The molecule has 0 spiro atoms. The number of H-pyrrole nitrogens is 1. The molecule has 0 aliphatic rings. The van der Waals surface area contributed by atoms with Crippen molar-refractivity contribution in [3.63, 3.8) is 0 Å². The fourth-order valence-corrected chi connectivity index (χ4v) is 2.74. The molecule has 152 valence electrons. The summed E-state index contributed by atoms with van der Waals surface area (Å²) in [4.78, 5) is 5.50. The Kier molecular flexibility index (Phi) is 5.19. The van der Waals surface area contributed by atoms with Crippen molar-refractivity contribution in [2.75, 3.05) is 25.1 Å². The van der Waals surface area contributed by atoms with Crippen LogP contribution in [0.2, 0.25) is 0 Å². The lowest BCUT2D eigenvalue weighted by Crippen LogP contribution is -2.10. The zero-order valence-corrected chi connectivity index (χ0v) is 15.6. The summed E-state index contributed by atoms with van der Waals surface area (Å²) in [6.45, 7) is 3.89. The molecular formula is C19H18F4N6. The summed E-state index contributed by atoms with van der Waals surface area (Å²) in [6.07, 6.45) is -4.78. The Morgan fingerprint density at radius 1 is 1.17 bits per heavy atom. The Hall–Kier alpha value is -3.56. The van der Waals surface area contributed by atoms with Gasteiger partial charge in [0.1, 0.15) is 5.82 Å². The molecule has 0 fully saturated rings. The molecule has 0 bridgehead atoms. The summed E-state index contributed by atoms with van der Waals surface area (Å²) in [5.41, 5.74) is 5.05. The highest BCUT2D eigenvalue weighted by Gasteiger charge is 2.36. The number of nitrogens with two attached hydrogens (primary N) is 1. The van der Waals surface area contributed by atoms with E-state index in [1.54, 1.807) is 31.1 Å². The van der Waals surface area contributed by atoms with Crippen molar-refractivity contribution >= 4 is 23.3 Å². The molecule has 3 rings (SSSR count). The van der Waals surface area contributed by atoms with Gasteiger partial charge < -0.3 is 16.0 Å². The Morgan fingerprint density at radius 3 is 2.34 bits per heavy atom. The van der Waals surface area contributed by atoms with Gasteiger partial charge in [0.2, 0.25) is 11.9 Å². The Labute approximate surface area is 164 Å². The van der Waals surface area contributed by atoms with Crippen LogP contribution in [0.4, 0.5) is 35.1 Å². The summed E-state index contributed by atoms with van der Waals surface area (Å²) >= 11 is 0. The van der Waals surface area contributed by atoms with Gasteiger partial charge in [-0.15, -0.1) is 5.10 Å². The predicted octanol–water partition coefficient (Wildman–Crippen LogP) is 4.49. The normalized spacial score (nSPS) is 11.4. The van der Waals surface area contributed by atoms with Crippen LogP contribution < -0.4 is 11.1 Å². The highest BCUT2D eigenvalue weighted by atomic mass is 19.4. The van der Waals surface area contributed by atoms with Crippen LogP contribution in [0.5, 0.6) is 0 Å². The molecule has 0 amide bonds. The van der Waals surface area contributed by atoms with E-state index in [-0.39, 0.29) is 23.1 Å². The number of rotatable bonds is 5. The fraction of sp³-hybridized carbons (Fsp3) is 0.158. The quantitative estimate of drug-likeness (QED) is 0.544. The molecule has 3 aromatic rings. The number of hydrogen-bond donors (Lipinski definition) is 3. The highest BCUT2D eigenvalue weighted by molar-refractivity contribution is 5.74. The lowest BCUT2D eigenvalue weighted by atomic mass is 9.96. The number of hydrogen-bond acceptors (Lipinski definition) is 5. The van der Waals surface area contributed by atoms with Gasteiger partial charge in [-0.3, -0.25) is 0 Å². The van der Waals surface area contributed by atoms with Crippen LogP contribution in [0, 0.1) is 5.82 Å². The van der Waals surface area contributed by atoms with Gasteiger partial charge in [-0.1, -0.05) is 30.8 Å². The molecule has 1 heterocycles. The highest BCUT2D eigenvalue weighted by Crippen LogP contribution is 2.41. The van der Waals surface area contributed by atoms with Gasteiger partial charge in [-0.25, -0.2) is 9.49 Å². The van der Waals surface area contributed by atoms with Gasteiger partial charge in [0, 0.05) is 31.0 Å². The van der Waals surface area contributed by atoms with E-state index in [2.05, 4.69) is 27.1 Å². The van der Waals surface area contributed by atoms with Crippen LogP contribution in [0.1, 0.15) is 11.1 Å². The molecule has 10 heteroatoms. The first-order chi connectivity index (χ1) is 13.6. The number of anilines is 3. The zero-order valence-electron chi connectivity index (χ0n) is 15.6. The van der Waals surface area contributed by atoms with Gasteiger partial charge in [0.05, 0.1) is 5.56 Å². The number of aromatic nitrogens is 3. The minimum Gasteiger partial charge on any atom is -0.378 e. The molecule has 4 N–H and O–H groups in total. The SMILES string of the molecule is C=C(c1ccc(-c2c(F)cc(Nc3n[nH]c(N)n3)cc2C(F)(F)F)cc1)N(C)C. The molecule has 1 aromatic heterocycles. The van der Waals surface area contributed by atoms with E-state index >= 15 is 0 Å². The largest absolute Gasteiger partial charge is 0.417 e. The van der Waals surface area contributed by atoms with E-state index in [1.165, 1.54) is 12.1 Å². The third-order valence-corrected chi connectivity index (χ3v) is 4.20. The molecular weight excluding hydrogens is 388 g/mol. The summed E-state index contributed by atoms with van der Waals surface area (Å²) in [7, 11) is 3.59. The molecule has 0 atom stereocenters. The van der Waals surface area contributed by atoms with Crippen LogP contribution in [-0.2, 0) is 6.18 Å². The lowest BCUT2D eigenvalue weighted by molar-refractivity contribution is -0.137. The fourth-order valence-electron chi connectivity index (χ4n) is 2.74. The molecule has 0 saturated heterocycles. The monoisotopic (exact) mass is 406 g/mol. The first kappa shape index (κ1) is 20.2. The smallest absolute Gasteiger partial charge is 0.378 e. The maximum Gasteiger partial charge on any atom is 0.417 e. The molecule has 0 aliphatic heterocycles. The number of aromatic amines is 1. The number of halogens is 4. The summed E-state index contributed by atoms with van der Waals surface area (Å²) in [5.74, 6) is -1.14. The third kappa shape index (κ3) is 4.31. The zero-order chi connectivity index (χ0) is 21.3. The van der Waals surface area contributed by atoms with Crippen molar-refractivity contribution in [1.29, 1.82) is 0 Å². The van der Waals surface area contributed by atoms with Gasteiger partial charge in [-0.2, -0.15) is 18.2 Å². The van der Waals surface area contributed by atoms with E-state index in [0.29, 0.717) is 11.3 Å². The second kappa shape index (κ2) is 7.46. The van der Waals surface area contributed by atoms with Crippen molar-refractivity contribution < 1.29 is 17.6 Å². The molecule has 6 nitrogen and oxygen atoms in total. The van der Waals surface area contributed by atoms with Gasteiger partial charge in [0.25, 0.3) is 0 Å². The lowest BCUT2D eigenvalue weighted by Gasteiger charge is -2.18. The maximum absolute atomic E-state index is 14.8. The Morgan fingerprint density at radius 2 is 1.83 bits per heavy atom. The first-order valence-electron chi connectivity index (χ1n) is 8.39. The standard InChI is InChI=1S/C19H18F4N6/c1-10(29(2)3)11-4-6-12(7-5-11)16-14(19(21,22)23)8-13(9-15(16)20)25-18-26-17(24)27-28-18/h4-9H,1H2,2-3H3,(H4,24,25,26,27,28). The first-order valence-corrected chi connectivity index (χ1v) is 8.39. The van der Waals surface area contributed by atoms with Crippen molar-refractivity contribution in [1.82, 2.24) is 20.1 Å². The summed E-state index contributed by atoms with van der Waals surface area (Å²) < 4.78 is 55.8. The second-order valence-electron chi connectivity index (χ2n) is 6.47.